The maximum absolute atomic E-state index is 11.2. The van der Waals surface area contributed by atoms with E-state index in [0.717, 1.165) is 6.42 Å². The third-order valence-corrected chi connectivity index (χ3v) is 2.70. The van der Waals surface area contributed by atoms with Gasteiger partial charge in [-0.1, -0.05) is 11.6 Å². The number of H-pyrrole nitrogens is 1. The molecule has 1 heterocycles. The molecule has 6 heteroatoms. The monoisotopic (exact) mass is 230 g/mol. The van der Waals surface area contributed by atoms with E-state index < -0.39 is 0 Å². The van der Waals surface area contributed by atoms with Crippen LogP contribution in [0.2, 0.25) is 5.02 Å². The van der Waals surface area contributed by atoms with E-state index in [1.807, 2.05) is 18.9 Å². The van der Waals surface area contributed by atoms with Crippen molar-refractivity contribution < 1.29 is 0 Å². The van der Waals surface area contributed by atoms with Crippen LogP contribution in [-0.4, -0.2) is 29.6 Å². The maximum Gasteiger partial charge on any atom is 0.271 e. The van der Waals surface area contributed by atoms with E-state index in [9.17, 15) is 4.79 Å². The fraction of sp³-hybridized carbons (Fsp3) is 0.556. The van der Waals surface area contributed by atoms with Gasteiger partial charge in [-0.25, -0.2) is 4.98 Å². The Hall–Kier alpha value is -1.07. The van der Waals surface area contributed by atoms with Crippen molar-refractivity contribution in [3.8, 4) is 0 Å². The first-order chi connectivity index (χ1) is 7.07. The Morgan fingerprint density at radius 3 is 3.00 bits per heavy atom. The van der Waals surface area contributed by atoms with Gasteiger partial charge in [-0.3, -0.25) is 4.79 Å². The average Bonchev–Trinajstić information content (AvgIpc) is 2.21. The fourth-order valence-electron chi connectivity index (χ4n) is 1.26. The lowest BCUT2D eigenvalue weighted by Gasteiger charge is -2.25. The molecule has 1 atom stereocenters. The molecular formula is C9H15ClN4O. The quantitative estimate of drug-likeness (QED) is 0.794. The Kier molecular flexibility index (Phi) is 4.11. The van der Waals surface area contributed by atoms with Gasteiger partial charge in [-0.15, -0.1) is 0 Å². The van der Waals surface area contributed by atoms with E-state index in [0.29, 0.717) is 12.4 Å². The van der Waals surface area contributed by atoms with Crippen LogP contribution in [0, 0.1) is 0 Å². The van der Waals surface area contributed by atoms with Crippen LogP contribution in [0.25, 0.3) is 0 Å². The normalized spacial score (nSPS) is 12.5. The Labute approximate surface area is 93.3 Å². The Morgan fingerprint density at radius 2 is 2.40 bits per heavy atom. The Balaban J connectivity index is 2.95. The average molecular weight is 231 g/mol. The molecule has 0 aliphatic carbocycles. The van der Waals surface area contributed by atoms with Crippen LogP contribution in [0.4, 0.5) is 5.82 Å². The third kappa shape index (κ3) is 2.70. The molecule has 84 valence electrons. The molecule has 1 unspecified atom stereocenters. The van der Waals surface area contributed by atoms with Crippen molar-refractivity contribution >= 4 is 17.4 Å². The van der Waals surface area contributed by atoms with Crippen molar-refractivity contribution in [2.24, 2.45) is 5.73 Å². The zero-order valence-corrected chi connectivity index (χ0v) is 9.58. The van der Waals surface area contributed by atoms with Gasteiger partial charge in [0, 0.05) is 13.1 Å². The van der Waals surface area contributed by atoms with E-state index in [1.54, 1.807) is 0 Å². The fourth-order valence-corrected chi connectivity index (χ4v) is 1.50. The van der Waals surface area contributed by atoms with Gasteiger partial charge in [0.1, 0.15) is 5.02 Å². The summed E-state index contributed by atoms with van der Waals surface area (Å²) in [6.45, 7) is 2.60. The summed E-state index contributed by atoms with van der Waals surface area (Å²) in [5.74, 6) is 0.487. The molecular weight excluding hydrogens is 216 g/mol. The molecule has 15 heavy (non-hydrogen) atoms. The van der Waals surface area contributed by atoms with E-state index in [2.05, 4.69) is 9.97 Å². The van der Waals surface area contributed by atoms with Crippen LogP contribution in [-0.2, 0) is 0 Å². The molecule has 0 radical (unpaired) electrons. The van der Waals surface area contributed by atoms with Gasteiger partial charge in [-0.2, -0.15) is 0 Å². The summed E-state index contributed by atoms with van der Waals surface area (Å²) in [6.07, 6.45) is 2.16. The smallest absolute Gasteiger partial charge is 0.271 e. The lowest BCUT2D eigenvalue weighted by Crippen LogP contribution is -2.32. The van der Waals surface area contributed by atoms with Gasteiger partial charge in [0.25, 0.3) is 5.56 Å². The second-order valence-electron chi connectivity index (χ2n) is 3.41. The zero-order valence-electron chi connectivity index (χ0n) is 8.83. The van der Waals surface area contributed by atoms with E-state index in [1.165, 1.54) is 6.33 Å². The van der Waals surface area contributed by atoms with Crippen LogP contribution in [0.1, 0.15) is 13.3 Å². The van der Waals surface area contributed by atoms with Gasteiger partial charge < -0.3 is 15.6 Å². The minimum Gasteiger partial charge on any atom is -0.355 e. The number of rotatable bonds is 4. The summed E-state index contributed by atoms with van der Waals surface area (Å²) in [6, 6.07) is 0.196. The lowest BCUT2D eigenvalue weighted by atomic mass is 10.2. The molecule has 0 saturated heterocycles. The standard InChI is InChI=1S/C9H15ClN4O/c1-6(3-4-11)14(2)8-7(10)9(15)13-5-12-8/h5-6H,3-4,11H2,1-2H3,(H,12,13,15). The molecule has 0 aliphatic heterocycles. The lowest BCUT2D eigenvalue weighted by molar-refractivity contribution is 0.628. The molecule has 1 aromatic rings. The predicted molar refractivity (Wildman–Crippen MR) is 61.4 cm³/mol. The van der Waals surface area contributed by atoms with Gasteiger partial charge in [-0.05, 0) is 19.9 Å². The zero-order chi connectivity index (χ0) is 11.4. The Morgan fingerprint density at radius 1 is 1.73 bits per heavy atom. The molecule has 3 N–H and O–H groups in total. The van der Waals surface area contributed by atoms with Gasteiger partial charge >= 0.3 is 0 Å². The highest BCUT2D eigenvalue weighted by Gasteiger charge is 2.15. The van der Waals surface area contributed by atoms with Crippen molar-refractivity contribution in [1.82, 2.24) is 9.97 Å². The number of nitrogens with zero attached hydrogens (tertiary/aromatic N) is 2. The molecule has 0 bridgehead atoms. The molecule has 5 nitrogen and oxygen atoms in total. The maximum atomic E-state index is 11.2. The number of halogens is 1. The van der Waals surface area contributed by atoms with Crippen molar-refractivity contribution in [2.75, 3.05) is 18.5 Å². The van der Waals surface area contributed by atoms with E-state index in [4.69, 9.17) is 17.3 Å². The molecule has 0 saturated carbocycles. The topological polar surface area (TPSA) is 75.0 Å². The second-order valence-corrected chi connectivity index (χ2v) is 3.78. The van der Waals surface area contributed by atoms with Crippen molar-refractivity contribution in [1.29, 1.82) is 0 Å². The van der Waals surface area contributed by atoms with Crippen LogP contribution >= 0.6 is 11.6 Å². The first kappa shape index (κ1) is 12.0. The van der Waals surface area contributed by atoms with Crippen molar-refractivity contribution in [3.63, 3.8) is 0 Å². The largest absolute Gasteiger partial charge is 0.355 e. The summed E-state index contributed by atoms with van der Waals surface area (Å²) >= 11 is 5.85. The van der Waals surface area contributed by atoms with Crippen LogP contribution < -0.4 is 16.2 Å². The molecule has 0 aromatic carbocycles. The number of nitrogens with two attached hydrogens (primary N) is 1. The molecule has 0 fully saturated rings. The first-order valence-electron chi connectivity index (χ1n) is 4.74. The van der Waals surface area contributed by atoms with E-state index >= 15 is 0 Å². The van der Waals surface area contributed by atoms with Gasteiger partial charge in [0.05, 0.1) is 6.33 Å². The SMILES string of the molecule is CC(CCN)N(C)c1nc[nH]c(=O)c1Cl. The molecule has 0 aliphatic rings. The highest BCUT2D eigenvalue weighted by atomic mass is 35.5. The minimum absolute atomic E-state index is 0.115. The number of anilines is 1. The van der Waals surface area contributed by atoms with Crippen LogP contribution in [0.3, 0.4) is 0 Å². The number of aromatic amines is 1. The molecule has 1 aromatic heterocycles. The second kappa shape index (κ2) is 5.14. The van der Waals surface area contributed by atoms with Gasteiger partial charge in [0.15, 0.2) is 5.82 Å². The number of nitrogens with one attached hydrogen (secondary N) is 1. The van der Waals surface area contributed by atoms with Gasteiger partial charge in [0.2, 0.25) is 0 Å². The van der Waals surface area contributed by atoms with Crippen LogP contribution in [0.15, 0.2) is 11.1 Å². The number of hydrogen-bond donors (Lipinski definition) is 2. The highest BCUT2D eigenvalue weighted by Crippen LogP contribution is 2.19. The minimum atomic E-state index is -0.325. The molecule has 0 amide bonds. The highest BCUT2D eigenvalue weighted by molar-refractivity contribution is 6.32. The number of aromatic nitrogens is 2. The van der Waals surface area contributed by atoms with Crippen molar-refractivity contribution in [2.45, 2.75) is 19.4 Å². The number of hydrogen-bond acceptors (Lipinski definition) is 4. The molecule has 0 spiro atoms. The summed E-state index contributed by atoms with van der Waals surface area (Å²) in [5, 5.41) is 0.115. The summed E-state index contributed by atoms with van der Waals surface area (Å²) in [5.41, 5.74) is 5.14. The third-order valence-electron chi connectivity index (χ3n) is 2.36. The summed E-state index contributed by atoms with van der Waals surface area (Å²) in [4.78, 5) is 19.6. The van der Waals surface area contributed by atoms with Crippen LogP contribution in [0.5, 0.6) is 0 Å². The summed E-state index contributed by atoms with van der Waals surface area (Å²) in [7, 11) is 1.84. The molecule has 1 rings (SSSR count). The first-order valence-corrected chi connectivity index (χ1v) is 5.11. The van der Waals surface area contributed by atoms with Crippen molar-refractivity contribution in [3.05, 3.63) is 21.7 Å². The Bertz CT molecular complexity index is 379. The predicted octanol–water partition coefficient (Wildman–Crippen LogP) is 0.597. The van der Waals surface area contributed by atoms with E-state index in [-0.39, 0.29) is 16.6 Å². The summed E-state index contributed by atoms with van der Waals surface area (Å²) < 4.78 is 0.